The number of hydrogen-bond acceptors (Lipinski definition) is 4. The predicted octanol–water partition coefficient (Wildman–Crippen LogP) is 1.94. The zero-order valence-corrected chi connectivity index (χ0v) is 12.5. The molecule has 4 nitrogen and oxygen atoms in total. The molecule has 0 aromatic carbocycles. The van der Waals surface area contributed by atoms with Gasteiger partial charge in [-0.2, -0.15) is 11.8 Å². The van der Waals surface area contributed by atoms with E-state index in [0.29, 0.717) is 6.61 Å². The molecule has 0 radical (unpaired) electrons. The first-order chi connectivity index (χ1) is 8.64. The van der Waals surface area contributed by atoms with Crippen molar-refractivity contribution in [3.05, 3.63) is 0 Å². The standard InChI is InChI=1S/C13H27N3OS/c1-3-17-13(12(14)15)6-9-16(10-7-13)8-5-11-18-4-2/h3-11H2,1-2H3,(H3,14,15). The normalized spacial score (nSPS) is 19.9. The molecule has 1 rings (SSSR count). The average Bonchev–Trinajstić information content (AvgIpc) is 2.37. The number of nitrogens with one attached hydrogen (secondary N) is 1. The topological polar surface area (TPSA) is 62.3 Å². The third kappa shape index (κ3) is 4.44. The molecule has 0 spiro atoms. The predicted molar refractivity (Wildman–Crippen MR) is 79.6 cm³/mol. The van der Waals surface area contributed by atoms with E-state index >= 15 is 0 Å². The van der Waals surface area contributed by atoms with E-state index in [1.165, 1.54) is 17.9 Å². The number of hydrogen-bond donors (Lipinski definition) is 2. The molecule has 0 saturated carbocycles. The molecule has 1 aliphatic heterocycles. The molecule has 0 unspecified atom stereocenters. The van der Waals surface area contributed by atoms with Crippen LogP contribution in [0, 0.1) is 5.41 Å². The van der Waals surface area contributed by atoms with Crippen LogP contribution in [0.2, 0.25) is 0 Å². The molecule has 0 atom stereocenters. The molecule has 1 aliphatic rings. The highest BCUT2D eigenvalue weighted by molar-refractivity contribution is 7.99. The minimum atomic E-state index is -0.483. The van der Waals surface area contributed by atoms with Gasteiger partial charge in [-0.25, -0.2) is 0 Å². The van der Waals surface area contributed by atoms with E-state index in [2.05, 4.69) is 11.8 Å². The van der Waals surface area contributed by atoms with Gasteiger partial charge in [0.15, 0.2) is 0 Å². The Hall–Kier alpha value is -0.260. The Kier molecular flexibility index (Phi) is 7.04. The number of ether oxygens (including phenoxy) is 1. The fourth-order valence-electron chi connectivity index (χ4n) is 2.44. The summed E-state index contributed by atoms with van der Waals surface area (Å²) in [6.07, 6.45) is 2.97. The highest BCUT2D eigenvalue weighted by Gasteiger charge is 2.38. The van der Waals surface area contributed by atoms with Gasteiger partial charge < -0.3 is 15.4 Å². The van der Waals surface area contributed by atoms with Gasteiger partial charge >= 0.3 is 0 Å². The molecule has 0 bridgehead atoms. The van der Waals surface area contributed by atoms with Gasteiger partial charge in [-0.05, 0) is 44.2 Å². The summed E-state index contributed by atoms with van der Waals surface area (Å²) >= 11 is 2.00. The van der Waals surface area contributed by atoms with E-state index in [0.717, 1.165) is 32.5 Å². The van der Waals surface area contributed by atoms with Crippen molar-refractivity contribution in [1.82, 2.24) is 4.90 Å². The first-order valence-corrected chi connectivity index (χ1v) is 8.08. The molecule has 1 saturated heterocycles. The average molecular weight is 273 g/mol. The van der Waals surface area contributed by atoms with Crippen LogP contribution in [0.4, 0.5) is 0 Å². The van der Waals surface area contributed by atoms with E-state index in [-0.39, 0.29) is 5.84 Å². The number of likely N-dealkylation sites (tertiary alicyclic amines) is 1. The Morgan fingerprint density at radius 2 is 2.06 bits per heavy atom. The number of nitrogens with two attached hydrogens (primary N) is 1. The highest BCUT2D eigenvalue weighted by Crippen LogP contribution is 2.26. The van der Waals surface area contributed by atoms with Gasteiger partial charge in [0.05, 0.1) is 0 Å². The zero-order valence-electron chi connectivity index (χ0n) is 11.7. The lowest BCUT2D eigenvalue weighted by molar-refractivity contribution is -0.0307. The van der Waals surface area contributed by atoms with Crippen molar-refractivity contribution in [3.63, 3.8) is 0 Å². The highest BCUT2D eigenvalue weighted by atomic mass is 32.2. The van der Waals surface area contributed by atoms with Crippen molar-refractivity contribution in [2.24, 2.45) is 5.73 Å². The molecular formula is C13H27N3OS. The number of rotatable bonds is 8. The summed E-state index contributed by atoms with van der Waals surface area (Å²) in [6, 6.07) is 0. The number of piperidine rings is 1. The summed E-state index contributed by atoms with van der Waals surface area (Å²) in [5.41, 5.74) is 5.23. The lowest BCUT2D eigenvalue weighted by Crippen LogP contribution is -2.53. The van der Waals surface area contributed by atoms with Crippen molar-refractivity contribution < 1.29 is 4.74 Å². The van der Waals surface area contributed by atoms with E-state index in [1.54, 1.807) is 0 Å². The van der Waals surface area contributed by atoms with Crippen LogP contribution in [0.25, 0.3) is 0 Å². The number of nitrogens with zero attached hydrogens (tertiary/aromatic N) is 1. The van der Waals surface area contributed by atoms with Gasteiger partial charge in [0, 0.05) is 19.7 Å². The zero-order chi connectivity index (χ0) is 13.4. The third-order valence-electron chi connectivity index (χ3n) is 3.54. The maximum Gasteiger partial charge on any atom is 0.127 e. The molecular weight excluding hydrogens is 246 g/mol. The van der Waals surface area contributed by atoms with Crippen LogP contribution in [-0.4, -0.2) is 54.1 Å². The lowest BCUT2D eigenvalue weighted by Gasteiger charge is -2.40. The largest absolute Gasteiger partial charge is 0.385 e. The van der Waals surface area contributed by atoms with Gasteiger partial charge in [0.2, 0.25) is 0 Å². The SMILES string of the molecule is CCOC1(C(=N)N)CCN(CCCSCC)CC1. The number of thioether (sulfide) groups is 1. The summed E-state index contributed by atoms with van der Waals surface area (Å²) in [4.78, 5) is 2.47. The maximum atomic E-state index is 7.73. The first kappa shape index (κ1) is 15.8. The van der Waals surface area contributed by atoms with Gasteiger partial charge in [-0.3, -0.25) is 5.41 Å². The van der Waals surface area contributed by atoms with E-state index < -0.39 is 5.60 Å². The van der Waals surface area contributed by atoms with Gasteiger partial charge in [0.1, 0.15) is 11.4 Å². The fraction of sp³-hybridized carbons (Fsp3) is 0.923. The van der Waals surface area contributed by atoms with Crippen molar-refractivity contribution >= 4 is 17.6 Å². The summed E-state index contributed by atoms with van der Waals surface area (Å²) in [6.45, 7) is 7.96. The minimum absolute atomic E-state index is 0.200. The van der Waals surface area contributed by atoms with Gasteiger partial charge in [0.25, 0.3) is 0 Å². The minimum Gasteiger partial charge on any atom is -0.385 e. The molecule has 18 heavy (non-hydrogen) atoms. The van der Waals surface area contributed by atoms with Crippen LogP contribution in [0.15, 0.2) is 0 Å². The van der Waals surface area contributed by atoms with Crippen LogP contribution in [0.1, 0.15) is 33.1 Å². The summed E-state index contributed by atoms with van der Waals surface area (Å²) in [5, 5.41) is 7.73. The molecule has 106 valence electrons. The Balaban J connectivity index is 2.32. The summed E-state index contributed by atoms with van der Waals surface area (Å²) in [7, 11) is 0. The van der Waals surface area contributed by atoms with E-state index in [9.17, 15) is 0 Å². The van der Waals surface area contributed by atoms with Crippen LogP contribution in [0.3, 0.4) is 0 Å². The van der Waals surface area contributed by atoms with Crippen LogP contribution >= 0.6 is 11.8 Å². The van der Waals surface area contributed by atoms with Gasteiger partial charge in [-0.1, -0.05) is 6.92 Å². The van der Waals surface area contributed by atoms with Crippen molar-refractivity contribution in [2.45, 2.75) is 38.7 Å². The molecule has 1 fully saturated rings. The number of amidine groups is 1. The summed E-state index contributed by atoms with van der Waals surface area (Å²) in [5.74, 6) is 2.65. The molecule has 5 heteroatoms. The summed E-state index contributed by atoms with van der Waals surface area (Å²) < 4.78 is 5.74. The molecule has 3 N–H and O–H groups in total. The van der Waals surface area contributed by atoms with Crippen LogP contribution in [-0.2, 0) is 4.74 Å². The maximum absolute atomic E-state index is 7.73. The molecule has 0 aromatic heterocycles. The molecule has 0 amide bonds. The van der Waals surface area contributed by atoms with E-state index in [1.807, 2.05) is 18.7 Å². The fourth-order valence-corrected chi connectivity index (χ4v) is 3.06. The van der Waals surface area contributed by atoms with Crippen LogP contribution < -0.4 is 5.73 Å². The Morgan fingerprint density at radius 3 is 2.56 bits per heavy atom. The smallest absolute Gasteiger partial charge is 0.127 e. The monoisotopic (exact) mass is 273 g/mol. The molecule has 0 aromatic rings. The molecule has 1 heterocycles. The Labute approximate surface area is 115 Å². The lowest BCUT2D eigenvalue weighted by atomic mass is 9.90. The second-order valence-electron chi connectivity index (χ2n) is 4.73. The van der Waals surface area contributed by atoms with Crippen molar-refractivity contribution in [2.75, 3.05) is 37.7 Å². The van der Waals surface area contributed by atoms with Gasteiger partial charge in [-0.15, -0.1) is 0 Å². The third-order valence-corrected chi connectivity index (χ3v) is 4.53. The first-order valence-electron chi connectivity index (χ1n) is 6.93. The van der Waals surface area contributed by atoms with E-state index in [4.69, 9.17) is 15.9 Å². The van der Waals surface area contributed by atoms with Crippen molar-refractivity contribution in [1.29, 1.82) is 5.41 Å². The van der Waals surface area contributed by atoms with Crippen LogP contribution in [0.5, 0.6) is 0 Å². The second-order valence-corrected chi connectivity index (χ2v) is 6.13. The Bertz CT molecular complexity index is 253. The quantitative estimate of drug-likeness (QED) is 0.403. The van der Waals surface area contributed by atoms with Crippen molar-refractivity contribution in [3.8, 4) is 0 Å². The Morgan fingerprint density at radius 1 is 1.39 bits per heavy atom. The second kappa shape index (κ2) is 8.02. The molecule has 0 aliphatic carbocycles.